The van der Waals surface area contributed by atoms with E-state index in [1.807, 2.05) is 25.1 Å². The van der Waals surface area contributed by atoms with E-state index in [9.17, 15) is 9.90 Å². The third-order valence-corrected chi connectivity index (χ3v) is 3.08. The maximum absolute atomic E-state index is 10.9. The highest BCUT2D eigenvalue weighted by molar-refractivity contribution is 5.74. The zero-order valence-electron chi connectivity index (χ0n) is 10.7. The average Bonchev–Trinajstić information content (AvgIpc) is 2.37. The predicted molar refractivity (Wildman–Crippen MR) is 68.2 cm³/mol. The number of aromatic nitrogens is 1. The number of rotatable bonds is 7. The van der Waals surface area contributed by atoms with Crippen molar-refractivity contribution in [1.82, 2.24) is 10.3 Å². The first-order chi connectivity index (χ1) is 8.56. The van der Waals surface area contributed by atoms with Crippen molar-refractivity contribution in [3.05, 3.63) is 30.1 Å². The van der Waals surface area contributed by atoms with Crippen LogP contribution in [-0.2, 0) is 11.2 Å². The van der Waals surface area contributed by atoms with Crippen LogP contribution in [0.1, 0.15) is 19.0 Å². The fourth-order valence-corrected chi connectivity index (χ4v) is 1.86. The second-order valence-corrected chi connectivity index (χ2v) is 4.43. The number of nitrogens with one attached hydrogen (secondary N) is 1. The number of aryl methyl sites for hydroxylation is 1. The van der Waals surface area contributed by atoms with Gasteiger partial charge in [0.05, 0.1) is 6.10 Å². The maximum Gasteiger partial charge on any atom is 0.323 e. The molecule has 3 atom stereocenters. The van der Waals surface area contributed by atoms with Gasteiger partial charge >= 0.3 is 5.97 Å². The molecule has 18 heavy (non-hydrogen) atoms. The summed E-state index contributed by atoms with van der Waals surface area (Å²) in [5.41, 5.74) is 0.952. The lowest BCUT2D eigenvalue weighted by Gasteiger charge is -2.24. The predicted octanol–water partition coefficient (Wildman–Crippen LogP) is 0.684. The van der Waals surface area contributed by atoms with E-state index in [2.05, 4.69) is 10.3 Å². The number of aliphatic carboxylic acids is 1. The highest BCUT2D eigenvalue weighted by atomic mass is 16.4. The van der Waals surface area contributed by atoms with E-state index in [1.165, 1.54) is 7.05 Å². The number of hydrogen-bond donors (Lipinski definition) is 3. The van der Waals surface area contributed by atoms with Gasteiger partial charge < -0.3 is 15.5 Å². The van der Waals surface area contributed by atoms with E-state index in [0.29, 0.717) is 6.42 Å². The molecule has 0 aliphatic carbocycles. The topological polar surface area (TPSA) is 82.5 Å². The number of pyridine rings is 1. The van der Waals surface area contributed by atoms with E-state index in [0.717, 1.165) is 12.1 Å². The number of carboxylic acid groups (broad SMARTS) is 1. The van der Waals surface area contributed by atoms with Gasteiger partial charge in [0.15, 0.2) is 0 Å². The Morgan fingerprint density at radius 2 is 2.22 bits per heavy atom. The molecule has 0 radical (unpaired) electrons. The third kappa shape index (κ3) is 4.09. The molecule has 0 saturated heterocycles. The quantitative estimate of drug-likeness (QED) is 0.665. The lowest BCUT2D eigenvalue weighted by Crippen LogP contribution is -2.47. The van der Waals surface area contributed by atoms with Crippen LogP contribution in [0.3, 0.4) is 0 Å². The molecular formula is C13H20N2O3. The van der Waals surface area contributed by atoms with Crippen LogP contribution >= 0.6 is 0 Å². The van der Waals surface area contributed by atoms with Gasteiger partial charge in [0.2, 0.25) is 0 Å². The number of aliphatic hydroxyl groups is 1. The van der Waals surface area contributed by atoms with Crippen LogP contribution in [0, 0.1) is 5.92 Å². The van der Waals surface area contributed by atoms with Crippen molar-refractivity contribution >= 4 is 5.97 Å². The Balaban J connectivity index is 2.49. The van der Waals surface area contributed by atoms with Crippen molar-refractivity contribution in [3.63, 3.8) is 0 Å². The van der Waals surface area contributed by atoms with Crippen molar-refractivity contribution in [1.29, 1.82) is 0 Å². The molecule has 0 saturated carbocycles. The lowest BCUT2D eigenvalue weighted by atomic mass is 9.93. The number of carboxylic acids is 1. The monoisotopic (exact) mass is 252 g/mol. The second-order valence-electron chi connectivity index (χ2n) is 4.43. The molecule has 3 N–H and O–H groups in total. The zero-order chi connectivity index (χ0) is 13.5. The molecule has 0 aromatic carbocycles. The molecule has 1 aromatic heterocycles. The minimum atomic E-state index is -1.03. The van der Waals surface area contributed by atoms with Gasteiger partial charge in [-0.2, -0.15) is 0 Å². The van der Waals surface area contributed by atoms with E-state index < -0.39 is 18.1 Å². The van der Waals surface area contributed by atoms with Crippen LogP contribution in [0.2, 0.25) is 0 Å². The van der Waals surface area contributed by atoms with E-state index in [-0.39, 0.29) is 5.92 Å². The minimum absolute atomic E-state index is 0.111. The first-order valence-electron chi connectivity index (χ1n) is 6.04. The molecule has 0 amide bonds. The summed E-state index contributed by atoms with van der Waals surface area (Å²) in [6.45, 7) is 1.85. The van der Waals surface area contributed by atoms with Crippen LogP contribution in [-0.4, -0.2) is 40.4 Å². The molecule has 1 aromatic rings. The highest BCUT2D eigenvalue weighted by Crippen LogP contribution is 2.14. The van der Waals surface area contributed by atoms with Crippen LogP contribution in [0.15, 0.2) is 24.4 Å². The van der Waals surface area contributed by atoms with Gasteiger partial charge in [-0.25, -0.2) is 0 Å². The summed E-state index contributed by atoms with van der Waals surface area (Å²) in [6.07, 6.45) is 2.25. The zero-order valence-corrected chi connectivity index (χ0v) is 10.7. The molecule has 0 aliphatic rings. The molecule has 0 aliphatic heterocycles. The van der Waals surface area contributed by atoms with E-state index >= 15 is 0 Å². The number of aliphatic hydroxyl groups excluding tert-OH is 1. The fraction of sp³-hybridized carbons (Fsp3) is 0.538. The Morgan fingerprint density at radius 1 is 1.50 bits per heavy atom. The van der Waals surface area contributed by atoms with Gasteiger partial charge in [-0.15, -0.1) is 0 Å². The second kappa shape index (κ2) is 7.08. The number of likely N-dealkylation sites (N-methyl/N-ethyl adjacent to an activating group) is 1. The summed E-state index contributed by atoms with van der Waals surface area (Å²) in [6, 6.07) is 4.76. The molecule has 0 fully saturated rings. The smallest absolute Gasteiger partial charge is 0.323 e. The molecule has 5 nitrogen and oxygen atoms in total. The largest absolute Gasteiger partial charge is 0.480 e. The molecular weight excluding hydrogens is 232 g/mol. The Morgan fingerprint density at radius 3 is 2.72 bits per heavy atom. The summed E-state index contributed by atoms with van der Waals surface area (Å²) in [4.78, 5) is 15.1. The molecule has 0 bridgehead atoms. The normalized spacial score (nSPS) is 15.9. The van der Waals surface area contributed by atoms with Gasteiger partial charge in [0, 0.05) is 11.9 Å². The maximum atomic E-state index is 10.9. The van der Waals surface area contributed by atoms with Crippen molar-refractivity contribution in [2.45, 2.75) is 31.9 Å². The molecule has 1 rings (SSSR count). The first-order valence-corrected chi connectivity index (χ1v) is 6.04. The highest BCUT2D eigenvalue weighted by Gasteiger charge is 2.28. The van der Waals surface area contributed by atoms with Gasteiger partial charge in [-0.05, 0) is 37.9 Å². The Hall–Kier alpha value is -1.46. The van der Waals surface area contributed by atoms with E-state index in [1.54, 1.807) is 6.20 Å². The molecule has 1 heterocycles. The fourth-order valence-electron chi connectivity index (χ4n) is 1.86. The minimum Gasteiger partial charge on any atom is -0.480 e. The van der Waals surface area contributed by atoms with Crippen molar-refractivity contribution in [2.75, 3.05) is 7.05 Å². The van der Waals surface area contributed by atoms with Gasteiger partial charge in [-0.3, -0.25) is 9.78 Å². The SMILES string of the molecule is CN[C@H](C(=O)O)[C@H](O)[C@H](C)CCc1ccccn1. The molecule has 100 valence electrons. The Labute approximate surface area is 107 Å². The van der Waals surface area contributed by atoms with E-state index in [4.69, 9.17) is 5.11 Å². The molecule has 5 heteroatoms. The van der Waals surface area contributed by atoms with Crippen LogP contribution in [0.4, 0.5) is 0 Å². The lowest BCUT2D eigenvalue weighted by molar-refractivity contribution is -0.143. The summed E-state index contributed by atoms with van der Waals surface area (Å²) >= 11 is 0. The third-order valence-electron chi connectivity index (χ3n) is 3.08. The molecule has 0 unspecified atom stereocenters. The number of hydrogen-bond acceptors (Lipinski definition) is 4. The molecule has 0 spiro atoms. The Bertz CT molecular complexity index is 370. The van der Waals surface area contributed by atoms with Gasteiger partial charge in [0.1, 0.15) is 6.04 Å². The van der Waals surface area contributed by atoms with Crippen LogP contribution in [0.25, 0.3) is 0 Å². The van der Waals surface area contributed by atoms with Gasteiger partial charge in [-0.1, -0.05) is 13.0 Å². The first kappa shape index (κ1) is 14.6. The van der Waals surface area contributed by atoms with Crippen LogP contribution in [0.5, 0.6) is 0 Å². The standard InChI is InChI=1S/C13H20N2O3/c1-9(12(16)11(14-2)13(17)18)6-7-10-5-3-4-8-15-10/h3-5,8-9,11-12,14,16H,6-7H2,1-2H3,(H,17,18)/t9-,11+,12-/m1/s1. The summed E-state index contributed by atoms with van der Waals surface area (Å²) in [5, 5.41) is 21.5. The average molecular weight is 252 g/mol. The van der Waals surface area contributed by atoms with Crippen LogP contribution < -0.4 is 5.32 Å². The van der Waals surface area contributed by atoms with Crippen molar-refractivity contribution in [2.24, 2.45) is 5.92 Å². The van der Waals surface area contributed by atoms with Gasteiger partial charge in [0.25, 0.3) is 0 Å². The summed E-state index contributed by atoms with van der Waals surface area (Å²) in [7, 11) is 1.54. The Kier molecular flexibility index (Phi) is 5.74. The summed E-state index contributed by atoms with van der Waals surface area (Å²) < 4.78 is 0. The van der Waals surface area contributed by atoms with Crippen molar-refractivity contribution < 1.29 is 15.0 Å². The number of carbonyl (C=O) groups is 1. The number of nitrogens with zero attached hydrogens (tertiary/aromatic N) is 1. The van der Waals surface area contributed by atoms with Crippen molar-refractivity contribution in [3.8, 4) is 0 Å². The summed E-state index contributed by atoms with van der Waals surface area (Å²) in [5.74, 6) is -1.14.